The van der Waals surface area contributed by atoms with E-state index in [1.54, 1.807) is 36.7 Å². The van der Waals surface area contributed by atoms with Crippen LogP contribution in [0.25, 0.3) is 0 Å². The number of nitrogens with zero attached hydrogens (tertiary/aromatic N) is 1. The topological polar surface area (TPSA) is 97.4 Å². The lowest BCUT2D eigenvalue weighted by Gasteiger charge is -2.14. The van der Waals surface area contributed by atoms with Crippen LogP contribution in [0.1, 0.15) is 12.5 Å². The lowest BCUT2D eigenvalue weighted by Crippen LogP contribution is -2.44. The zero-order valence-electron chi connectivity index (χ0n) is 13.4. The maximum atomic E-state index is 12.3. The number of ether oxygens (including phenoxy) is 1. The number of hydrogen-bond acceptors (Lipinski definition) is 5. The SMILES string of the molecule is COc1ccc(S(=O)(=O)NC(C)C(=O)NCc2ccncc2)cc1. The first kappa shape index (κ1) is 17.9. The highest BCUT2D eigenvalue weighted by Crippen LogP contribution is 2.15. The van der Waals surface area contributed by atoms with Gasteiger partial charge in [0.05, 0.1) is 18.0 Å². The van der Waals surface area contributed by atoms with E-state index in [2.05, 4.69) is 15.0 Å². The molecule has 0 radical (unpaired) electrons. The van der Waals surface area contributed by atoms with Crippen LogP contribution in [0, 0.1) is 0 Å². The summed E-state index contributed by atoms with van der Waals surface area (Å²) >= 11 is 0. The number of benzene rings is 1. The molecule has 1 amide bonds. The summed E-state index contributed by atoms with van der Waals surface area (Å²) in [6, 6.07) is 8.56. The summed E-state index contributed by atoms with van der Waals surface area (Å²) < 4.78 is 31.9. The fraction of sp³-hybridized carbons (Fsp3) is 0.250. The second-order valence-electron chi connectivity index (χ2n) is 5.09. The van der Waals surface area contributed by atoms with E-state index in [0.717, 1.165) is 5.56 Å². The number of rotatable bonds is 7. The molecule has 7 nitrogen and oxygen atoms in total. The van der Waals surface area contributed by atoms with Crippen LogP contribution in [-0.4, -0.2) is 32.5 Å². The Morgan fingerprint density at radius 1 is 1.17 bits per heavy atom. The van der Waals surface area contributed by atoms with E-state index in [1.165, 1.54) is 26.2 Å². The summed E-state index contributed by atoms with van der Waals surface area (Å²) in [5.74, 6) is 0.140. The molecule has 1 unspecified atom stereocenters. The third kappa shape index (κ3) is 4.77. The van der Waals surface area contributed by atoms with E-state index < -0.39 is 22.0 Å². The first-order valence-corrected chi connectivity index (χ1v) is 8.73. The van der Waals surface area contributed by atoms with Crippen molar-refractivity contribution in [3.8, 4) is 5.75 Å². The molecule has 0 saturated heterocycles. The first-order valence-electron chi connectivity index (χ1n) is 7.25. The van der Waals surface area contributed by atoms with Gasteiger partial charge in [-0.1, -0.05) is 0 Å². The Morgan fingerprint density at radius 3 is 2.38 bits per heavy atom. The molecule has 0 aliphatic carbocycles. The van der Waals surface area contributed by atoms with Crippen LogP contribution in [0.2, 0.25) is 0 Å². The number of carbonyl (C=O) groups excluding carboxylic acids is 1. The monoisotopic (exact) mass is 349 g/mol. The zero-order chi connectivity index (χ0) is 17.6. The molecule has 2 N–H and O–H groups in total. The summed E-state index contributed by atoms with van der Waals surface area (Å²) in [6.45, 7) is 1.79. The summed E-state index contributed by atoms with van der Waals surface area (Å²) in [4.78, 5) is 16.0. The Morgan fingerprint density at radius 2 is 1.79 bits per heavy atom. The molecule has 1 heterocycles. The van der Waals surface area contributed by atoms with Crippen molar-refractivity contribution in [1.82, 2.24) is 15.0 Å². The molecule has 0 fully saturated rings. The van der Waals surface area contributed by atoms with Crippen LogP contribution in [0.15, 0.2) is 53.7 Å². The van der Waals surface area contributed by atoms with Gasteiger partial charge in [-0.2, -0.15) is 4.72 Å². The Labute approximate surface area is 141 Å². The van der Waals surface area contributed by atoms with Crippen molar-refractivity contribution in [2.75, 3.05) is 7.11 Å². The smallest absolute Gasteiger partial charge is 0.241 e. The number of hydrogen-bond donors (Lipinski definition) is 2. The van der Waals surface area contributed by atoms with Crippen molar-refractivity contribution in [3.63, 3.8) is 0 Å². The number of methoxy groups -OCH3 is 1. The van der Waals surface area contributed by atoms with Crippen LogP contribution in [0.4, 0.5) is 0 Å². The lowest BCUT2D eigenvalue weighted by atomic mass is 10.2. The molecule has 1 atom stereocenters. The third-order valence-corrected chi connectivity index (χ3v) is 4.87. The molecule has 0 bridgehead atoms. The van der Waals surface area contributed by atoms with Gasteiger partial charge in [0, 0.05) is 18.9 Å². The molecule has 24 heavy (non-hydrogen) atoms. The predicted molar refractivity (Wildman–Crippen MR) is 88.9 cm³/mol. The Kier molecular flexibility index (Phi) is 5.88. The van der Waals surface area contributed by atoms with Crippen molar-refractivity contribution in [1.29, 1.82) is 0 Å². The molecule has 1 aromatic carbocycles. The van der Waals surface area contributed by atoms with Gasteiger partial charge in [-0.05, 0) is 48.9 Å². The average Bonchev–Trinajstić information content (AvgIpc) is 2.60. The predicted octanol–water partition coefficient (Wildman–Crippen LogP) is 1.07. The molecule has 2 aromatic rings. The molecule has 0 aliphatic heterocycles. The van der Waals surface area contributed by atoms with Crippen LogP contribution in [0.5, 0.6) is 5.75 Å². The van der Waals surface area contributed by atoms with Crippen molar-refractivity contribution in [3.05, 3.63) is 54.4 Å². The Bertz CT molecular complexity index is 777. The second-order valence-corrected chi connectivity index (χ2v) is 6.81. The fourth-order valence-electron chi connectivity index (χ4n) is 1.95. The van der Waals surface area contributed by atoms with Gasteiger partial charge in [-0.25, -0.2) is 8.42 Å². The summed E-state index contributed by atoms with van der Waals surface area (Å²) in [7, 11) is -2.29. The summed E-state index contributed by atoms with van der Waals surface area (Å²) in [6.07, 6.45) is 3.24. The number of aromatic nitrogens is 1. The van der Waals surface area contributed by atoms with Gasteiger partial charge >= 0.3 is 0 Å². The fourth-order valence-corrected chi connectivity index (χ4v) is 3.16. The molecule has 1 aromatic heterocycles. The standard InChI is InChI=1S/C16H19N3O4S/c1-12(16(20)18-11-13-7-9-17-10-8-13)19-24(21,22)15-5-3-14(23-2)4-6-15/h3-10,12,19H,11H2,1-2H3,(H,18,20). The maximum Gasteiger partial charge on any atom is 0.241 e. The zero-order valence-corrected chi connectivity index (χ0v) is 14.2. The number of nitrogens with one attached hydrogen (secondary N) is 2. The Balaban J connectivity index is 1.96. The summed E-state index contributed by atoms with van der Waals surface area (Å²) in [5, 5.41) is 2.68. The van der Waals surface area contributed by atoms with E-state index in [4.69, 9.17) is 4.74 Å². The normalized spacial score (nSPS) is 12.4. The van der Waals surface area contributed by atoms with Gasteiger partial charge in [0.1, 0.15) is 5.75 Å². The van der Waals surface area contributed by atoms with E-state index in [-0.39, 0.29) is 4.90 Å². The van der Waals surface area contributed by atoms with Gasteiger partial charge in [0.15, 0.2) is 0 Å². The number of carbonyl (C=O) groups is 1. The number of amides is 1. The van der Waals surface area contributed by atoms with Crippen molar-refractivity contribution < 1.29 is 17.9 Å². The highest BCUT2D eigenvalue weighted by Gasteiger charge is 2.21. The minimum absolute atomic E-state index is 0.0667. The maximum absolute atomic E-state index is 12.3. The number of sulfonamides is 1. The van der Waals surface area contributed by atoms with E-state index >= 15 is 0 Å². The van der Waals surface area contributed by atoms with Crippen LogP contribution < -0.4 is 14.8 Å². The molecule has 8 heteroatoms. The molecule has 2 rings (SSSR count). The minimum Gasteiger partial charge on any atom is -0.497 e. The van der Waals surface area contributed by atoms with Crippen molar-refractivity contribution in [2.45, 2.75) is 24.4 Å². The highest BCUT2D eigenvalue weighted by molar-refractivity contribution is 7.89. The van der Waals surface area contributed by atoms with Gasteiger partial charge < -0.3 is 10.1 Å². The summed E-state index contributed by atoms with van der Waals surface area (Å²) in [5.41, 5.74) is 0.878. The third-order valence-electron chi connectivity index (χ3n) is 3.31. The van der Waals surface area contributed by atoms with E-state index in [0.29, 0.717) is 12.3 Å². The lowest BCUT2D eigenvalue weighted by molar-refractivity contribution is -0.122. The van der Waals surface area contributed by atoms with E-state index in [9.17, 15) is 13.2 Å². The molecule has 0 aliphatic rings. The largest absolute Gasteiger partial charge is 0.497 e. The van der Waals surface area contributed by atoms with Gasteiger partial charge in [-0.3, -0.25) is 9.78 Å². The van der Waals surface area contributed by atoms with Crippen molar-refractivity contribution >= 4 is 15.9 Å². The van der Waals surface area contributed by atoms with Gasteiger partial charge in [-0.15, -0.1) is 0 Å². The second kappa shape index (κ2) is 7.89. The Hall–Kier alpha value is -2.45. The van der Waals surface area contributed by atoms with Crippen LogP contribution in [0.3, 0.4) is 0 Å². The molecular weight excluding hydrogens is 330 g/mol. The van der Waals surface area contributed by atoms with Crippen LogP contribution in [-0.2, 0) is 21.4 Å². The quantitative estimate of drug-likeness (QED) is 0.779. The highest BCUT2D eigenvalue weighted by atomic mass is 32.2. The van der Waals surface area contributed by atoms with E-state index in [1.807, 2.05) is 0 Å². The molecule has 0 spiro atoms. The van der Waals surface area contributed by atoms with Crippen LogP contribution >= 0.6 is 0 Å². The molecular formula is C16H19N3O4S. The molecule has 128 valence electrons. The molecule has 0 saturated carbocycles. The number of pyridine rings is 1. The van der Waals surface area contributed by atoms with Gasteiger partial charge in [0.2, 0.25) is 15.9 Å². The van der Waals surface area contributed by atoms with Gasteiger partial charge in [0.25, 0.3) is 0 Å². The van der Waals surface area contributed by atoms with Crippen molar-refractivity contribution in [2.24, 2.45) is 0 Å². The first-order chi connectivity index (χ1) is 11.4. The average molecular weight is 349 g/mol. The minimum atomic E-state index is -3.79.